The summed E-state index contributed by atoms with van der Waals surface area (Å²) >= 11 is 0. The van der Waals surface area contributed by atoms with E-state index in [-0.39, 0.29) is 11.9 Å². The van der Waals surface area contributed by atoms with Crippen molar-refractivity contribution >= 4 is 0 Å². The Kier molecular flexibility index (Phi) is 3.77. The van der Waals surface area contributed by atoms with E-state index in [1.54, 1.807) is 12.3 Å². The van der Waals surface area contributed by atoms with Crippen LogP contribution in [0.25, 0.3) is 0 Å². The third kappa shape index (κ3) is 2.76. The number of nitrogens with zero attached hydrogens (tertiary/aromatic N) is 2. The zero-order chi connectivity index (χ0) is 13.1. The second kappa shape index (κ2) is 5.31. The molecule has 18 heavy (non-hydrogen) atoms. The van der Waals surface area contributed by atoms with E-state index >= 15 is 0 Å². The van der Waals surface area contributed by atoms with Gasteiger partial charge in [-0.15, -0.1) is 0 Å². The van der Waals surface area contributed by atoms with Crippen LogP contribution in [-0.4, -0.2) is 9.78 Å². The monoisotopic (exact) mass is 247 g/mol. The summed E-state index contributed by atoms with van der Waals surface area (Å²) in [7, 11) is 1.90. The molecule has 2 rings (SSSR count). The van der Waals surface area contributed by atoms with E-state index in [1.165, 1.54) is 6.07 Å². The predicted molar refractivity (Wildman–Crippen MR) is 69.6 cm³/mol. The molecular weight excluding hydrogens is 229 g/mol. The first kappa shape index (κ1) is 12.8. The second-order valence-electron chi connectivity index (χ2n) is 4.62. The lowest BCUT2D eigenvalue weighted by atomic mass is 10.00. The molecule has 0 saturated heterocycles. The Morgan fingerprint density at radius 2 is 2.17 bits per heavy atom. The van der Waals surface area contributed by atoms with Crippen molar-refractivity contribution in [1.29, 1.82) is 0 Å². The van der Waals surface area contributed by atoms with Gasteiger partial charge in [-0.1, -0.05) is 12.1 Å². The summed E-state index contributed by atoms with van der Waals surface area (Å²) in [6, 6.07) is 6.87. The fourth-order valence-electron chi connectivity index (χ4n) is 2.04. The van der Waals surface area contributed by atoms with Gasteiger partial charge in [0, 0.05) is 30.5 Å². The molecule has 0 bridgehead atoms. The minimum absolute atomic E-state index is 0.215. The molecule has 0 amide bonds. The zero-order valence-electron chi connectivity index (χ0n) is 10.7. The Labute approximate surface area is 106 Å². The summed E-state index contributed by atoms with van der Waals surface area (Å²) in [5.74, 6) is -0.215. The molecule has 1 atom stereocenters. The van der Waals surface area contributed by atoms with Crippen LogP contribution in [0.4, 0.5) is 4.39 Å². The summed E-state index contributed by atoms with van der Waals surface area (Å²) in [6.45, 7) is 1.87. The van der Waals surface area contributed by atoms with Gasteiger partial charge in [-0.05, 0) is 37.5 Å². The largest absolute Gasteiger partial charge is 0.324 e. The van der Waals surface area contributed by atoms with Gasteiger partial charge < -0.3 is 5.73 Å². The minimum atomic E-state index is -0.277. The molecule has 3 nitrogen and oxygen atoms in total. The predicted octanol–water partition coefficient (Wildman–Crippen LogP) is 2.50. The van der Waals surface area contributed by atoms with Crippen LogP contribution in [0.15, 0.2) is 30.5 Å². The maximum atomic E-state index is 13.7. The van der Waals surface area contributed by atoms with Gasteiger partial charge in [0.2, 0.25) is 0 Å². The Morgan fingerprint density at radius 1 is 1.39 bits per heavy atom. The Bertz CT molecular complexity index is 534. The Balaban J connectivity index is 2.03. The van der Waals surface area contributed by atoms with Gasteiger partial charge in [-0.25, -0.2) is 4.39 Å². The quantitative estimate of drug-likeness (QED) is 0.902. The van der Waals surface area contributed by atoms with Crippen LogP contribution in [0.2, 0.25) is 0 Å². The maximum absolute atomic E-state index is 13.7. The molecule has 0 fully saturated rings. The maximum Gasteiger partial charge on any atom is 0.128 e. The van der Waals surface area contributed by atoms with Crippen molar-refractivity contribution in [2.24, 2.45) is 12.8 Å². The molecule has 2 aromatic rings. The van der Waals surface area contributed by atoms with Gasteiger partial charge in [0.25, 0.3) is 0 Å². The number of halogens is 1. The van der Waals surface area contributed by atoms with Gasteiger partial charge >= 0.3 is 0 Å². The van der Waals surface area contributed by atoms with Crippen LogP contribution in [-0.2, 0) is 13.5 Å². The van der Waals surface area contributed by atoms with Crippen molar-refractivity contribution in [1.82, 2.24) is 9.78 Å². The van der Waals surface area contributed by atoms with Crippen molar-refractivity contribution in [2.45, 2.75) is 25.8 Å². The van der Waals surface area contributed by atoms with Gasteiger partial charge in [-0.2, -0.15) is 5.10 Å². The van der Waals surface area contributed by atoms with E-state index in [2.05, 4.69) is 5.10 Å². The van der Waals surface area contributed by atoms with Crippen LogP contribution in [0.3, 0.4) is 0 Å². The second-order valence-corrected chi connectivity index (χ2v) is 4.62. The lowest BCUT2D eigenvalue weighted by molar-refractivity contribution is 0.555. The molecule has 2 N–H and O–H groups in total. The molecule has 0 aliphatic rings. The molecule has 1 heterocycles. The zero-order valence-corrected chi connectivity index (χ0v) is 10.7. The molecule has 0 spiro atoms. The number of benzene rings is 1. The van der Waals surface area contributed by atoms with Gasteiger partial charge in [0.15, 0.2) is 0 Å². The molecule has 0 aliphatic heterocycles. The van der Waals surface area contributed by atoms with E-state index in [1.807, 2.05) is 30.8 Å². The number of rotatable bonds is 4. The van der Waals surface area contributed by atoms with E-state index in [9.17, 15) is 4.39 Å². The van der Waals surface area contributed by atoms with Crippen LogP contribution in [0.1, 0.15) is 29.3 Å². The van der Waals surface area contributed by atoms with Crippen LogP contribution in [0.5, 0.6) is 0 Å². The van der Waals surface area contributed by atoms with E-state index in [4.69, 9.17) is 5.73 Å². The first-order valence-electron chi connectivity index (χ1n) is 6.06. The summed E-state index contributed by atoms with van der Waals surface area (Å²) < 4.78 is 15.6. The molecule has 1 unspecified atom stereocenters. The van der Waals surface area contributed by atoms with E-state index in [0.29, 0.717) is 12.0 Å². The highest BCUT2D eigenvalue weighted by Gasteiger charge is 2.12. The fraction of sp³-hybridized carbons (Fsp3) is 0.357. The van der Waals surface area contributed by atoms with Crippen molar-refractivity contribution < 1.29 is 4.39 Å². The average molecular weight is 247 g/mol. The molecule has 0 aliphatic carbocycles. The number of hydrogen-bond donors (Lipinski definition) is 1. The van der Waals surface area contributed by atoms with Gasteiger partial charge in [0.05, 0.1) is 0 Å². The summed E-state index contributed by atoms with van der Waals surface area (Å²) in [6.07, 6.45) is 3.26. The number of aromatic nitrogens is 2. The molecule has 1 aromatic heterocycles. The first-order chi connectivity index (χ1) is 8.58. The molecule has 1 aromatic carbocycles. The standard InChI is InChI=1S/C14H18FN3/c1-10-3-5-12(13(15)9-10)14(16)6-4-11-7-8-17-18(11)2/h3,5,7-9,14H,4,6,16H2,1-2H3. The lowest BCUT2D eigenvalue weighted by Crippen LogP contribution is -2.14. The fourth-order valence-corrected chi connectivity index (χ4v) is 2.04. The normalized spacial score (nSPS) is 12.7. The minimum Gasteiger partial charge on any atom is -0.324 e. The highest BCUT2D eigenvalue weighted by atomic mass is 19.1. The van der Waals surface area contributed by atoms with Crippen LogP contribution >= 0.6 is 0 Å². The molecule has 4 heteroatoms. The third-order valence-electron chi connectivity index (χ3n) is 3.19. The highest BCUT2D eigenvalue weighted by Crippen LogP contribution is 2.20. The average Bonchev–Trinajstić information content (AvgIpc) is 2.72. The SMILES string of the molecule is Cc1ccc(C(N)CCc2ccnn2C)c(F)c1. The Hall–Kier alpha value is -1.68. The topological polar surface area (TPSA) is 43.8 Å². The lowest BCUT2D eigenvalue weighted by Gasteiger charge is -2.13. The van der Waals surface area contributed by atoms with E-state index < -0.39 is 0 Å². The van der Waals surface area contributed by atoms with E-state index in [0.717, 1.165) is 17.7 Å². The van der Waals surface area contributed by atoms with Crippen molar-refractivity contribution in [3.8, 4) is 0 Å². The smallest absolute Gasteiger partial charge is 0.128 e. The third-order valence-corrected chi connectivity index (χ3v) is 3.19. The van der Waals surface area contributed by atoms with Gasteiger partial charge in [0.1, 0.15) is 5.82 Å². The molecule has 96 valence electrons. The number of nitrogens with two attached hydrogens (primary N) is 1. The Morgan fingerprint density at radius 3 is 2.78 bits per heavy atom. The molecular formula is C14H18FN3. The summed E-state index contributed by atoms with van der Waals surface area (Å²) in [5.41, 5.74) is 8.65. The first-order valence-corrected chi connectivity index (χ1v) is 6.06. The van der Waals surface area contributed by atoms with Crippen molar-refractivity contribution in [3.63, 3.8) is 0 Å². The highest BCUT2D eigenvalue weighted by molar-refractivity contribution is 5.26. The number of hydrogen-bond acceptors (Lipinski definition) is 2. The number of aryl methyl sites for hydroxylation is 3. The van der Waals surface area contributed by atoms with Crippen molar-refractivity contribution in [3.05, 3.63) is 53.1 Å². The van der Waals surface area contributed by atoms with Crippen LogP contribution in [0, 0.1) is 12.7 Å². The van der Waals surface area contributed by atoms with Crippen molar-refractivity contribution in [2.75, 3.05) is 0 Å². The molecule has 0 saturated carbocycles. The summed E-state index contributed by atoms with van der Waals surface area (Å²) in [5, 5.41) is 4.10. The molecule has 0 radical (unpaired) electrons. The van der Waals surface area contributed by atoms with Crippen LogP contribution < -0.4 is 5.73 Å². The van der Waals surface area contributed by atoms with Gasteiger partial charge in [-0.3, -0.25) is 4.68 Å². The summed E-state index contributed by atoms with van der Waals surface area (Å²) in [4.78, 5) is 0.